The summed E-state index contributed by atoms with van der Waals surface area (Å²) in [6, 6.07) is 13.4. The molecule has 0 saturated carbocycles. The van der Waals surface area contributed by atoms with Gasteiger partial charge in [0.2, 0.25) is 0 Å². The molecular weight excluding hydrogens is 248 g/mol. The zero-order valence-electron chi connectivity index (χ0n) is 9.55. The number of hydrogen-bond donors (Lipinski definition) is 1. The van der Waals surface area contributed by atoms with Gasteiger partial charge in [0.15, 0.2) is 11.5 Å². The fourth-order valence-electron chi connectivity index (χ4n) is 1.79. The molecule has 0 fully saturated rings. The number of fused-ring (bicyclic) bond motifs is 1. The van der Waals surface area contributed by atoms with Crippen LogP contribution in [0.5, 0.6) is 0 Å². The molecule has 2 heterocycles. The fraction of sp³-hybridized carbons (Fsp3) is 0.0769. The van der Waals surface area contributed by atoms with E-state index in [9.17, 15) is 0 Å². The Bertz CT molecular complexity index is 677. The average molecular weight is 259 g/mol. The van der Waals surface area contributed by atoms with Crippen LogP contribution in [0.1, 0.15) is 5.82 Å². The highest BCUT2D eigenvalue weighted by molar-refractivity contribution is 6.30. The summed E-state index contributed by atoms with van der Waals surface area (Å²) in [7, 11) is 0. The molecule has 0 spiro atoms. The Morgan fingerprint density at radius 3 is 2.94 bits per heavy atom. The second-order valence-corrected chi connectivity index (χ2v) is 4.35. The van der Waals surface area contributed by atoms with Crippen molar-refractivity contribution >= 4 is 22.9 Å². The summed E-state index contributed by atoms with van der Waals surface area (Å²) in [5, 5.41) is 12.2. The monoisotopic (exact) mass is 258 g/mol. The summed E-state index contributed by atoms with van der Waals surface area (Å²) < 4.78 is 1.96. The molecule has 0 aliphatic heterocycles. The maximum Gasteiger partial charge on any atom is 0.160 e. The number of aromatic nitrogens is 3. The summed E-state index contributed by atoms with van der Waals surface area (Å²) >= 11 is 5.93. The van der Waals surface area contributed by atoms with E-state index in [1.807, 2.05) is 53.1 Å². The minimum Gasteiger partial charge on any atom is -0.378 e. The zero-order valence-corrected chi connectivity index (χ0v) is 10.3. The third-order valence-electron chi connectivity index (χ3n) is 2.66. The molecule has 0 bridgehead atoms. The van der Waals surface area contributed by atoms with E-state index in [0.29, 0.717) is 11.6 Å². The number of nitrogens with zero attached hydrogens (tertiary/aromatic N) is 3. The number of pyridine rings is 1. The minimum absolute atomic E-state index is 0.603. The number of halogens is 1. The first-order valence-corrected chi connectivity index (χ1v) is 5.99. The fourth-order valence-corrected chi connectivity index (χ4v) is 1.98. The van der Waals surface area contributed by atoms with Crippen molar-refractivity contribution in [2.24, 2.45) is 0 Å². The van der Waals surface area contributed by atoms with Crippen molar-refractivity contribution in [1.29, 1.82) is 0 Å². The van der Waals surface area contributed by atoms with Crippen LogP contribution < -0.4 is 5.32 Å². The Kier molecular flexibility index (Phi) is 2.86. The molecule has 18 heavy (non-hydrogen) atoms. The molecule has 0 amide bonds. The molecule has 3 aromatic rings. The van der Waals surface area contributed by atoms with Gasteiger partial charge in [-0.25, -0.2) is 0 Å². The molecule has 4 nitrogen and oxygen atoms in total. The van der Waals surface area contributed by atoms with E-state index < -0.39 is 0 Å². The van der Waals surface area contributed by atoms with Gasteiger partial charge in [0, 0.05) is 16.9 Å². The summed E-state index contributed by atoms with van der Waals surface area (Å²) in [5.74, 6) is 0.866. The molecule has 2 aromatic heterocycles. The molecule has 0 radical (unpaired) electrons. The molecule has 1 aromatic carbocycles. The second kappa shape index (κ2) is 4.66. The van der Waals surface area contributed by atoms with Crippen LogP contribution in [-0.4, -0.2) is 14.6 Å². The summed E-state index contributed by atoms with van der Waals surface area (Å²) in [6.45, 7) is 0.603. The van der Waals surface area contributed by atoms with Crippen molar-refractivity contribution < 1.29 is 0 Å². The molecule has 0 aliphatic rings. The number of hydrogen-bond acceptors (Lipinski definition) is 3. The lowest BCUT2D eigenvalue weighted by Crippen LogP contribution is -2.03. The zero-order chi connectivity index (χ0) is 12.4. The third kappa shape index (κ3) is 2.15. The van der Waals surface area contributed by atoms with Crippen molar-refractivity contribution in [3.05, 3.63) is 59.5 Å². The van der Waals surface area contributed by atoms with Crippen LogP contribution in [0, 0.1) is 0 Å². The Hall–Kier alpha value is -2.07. The lowest BCUT2D eigenvalue weighted by molar-refractivity contribution is 0.918. The smallest absolute Gasteiger partial charge is 0.160 e. The van der Waals surface area contributed by atoms with Crippen LogP contribution in [0.4, 0.5) is 5.69 Å². The van der Waals surface area contributed by atoms with E-state index in [1.54, 1.807) is 0 Å². The summed E-state index contributed by atoms with van der Waals surface area (Å²) in [6.07, 6.45) is 1.95. The highest BCUT2D eigenvalue weighted by Gasteiger charge is 2.03. The maximum absolute atomic E-state index is 5.93. The Morgan fingerprint density at radius 2 is 2.06 bits per heavy atom. The molecular formula is C13H11ClN4. The third-order valence-corrected chi connectivity index (χ3v) is 2.89. The first-order valence-electron chi connectivity index (χ1n) is 5.61. The largest absolute Gasteiger partial charge is 0.378 e. The van der Waals surface area contributed by atoms with E-state index in [-0.39, 0.29) is 0 Å². The molecule has 0 saturated heterocycles. The quantitative estimate of drug-likeness (QED) is 0.785. The molecule has 1 N–H and O–H groups in total. The van der Waals surface area contributed by atoms with Gasteiger partial charge in [-0.1, -0.05) is 23.7 Å². The first-order chi connectivity index (χ1) is 8.83. The van der Waals surface area contributed by atoms with Gasteiger partial charge in [0.1, 0.15) is 0 Å². The van der Waals surface area contributed by atoms with Gasteiger partial charge in [0.25, 0.3) is 0 Å². The normalized spacial score (nSPS) is 10.7. The highest BCUT2D eigenvalue weighted by Crippen LogP contribution is 2.15. The molecule has 90 valence electrons. The van der Waals surface area contributed by atoms with E-state index in [4.69, 9.17) is 11.6 Å². The van der Waals surface area contributed by atoms with Crippen LogP contribution in [-0.2, 0) is 6.54 Å². The second-order valence-electron chi connectivity index (χ2n) is 3.91. The van der Waals surface area contributed by atoms with Crippen LogP contribution >= 0.6 is 11.6 Å². The first kappa shape index (κ1) is 11.0. The van der Waals surface area contributed by atoms with Gasteiger partial charge < -0.3 is 5.32 Å². The van der Waals surface area contributed by atoms with Gasteiger partial charge in [-0.05, 0) is 30.3 Å². The average Bonchev–Trinajstić information content (AvgIpc) is 2.80. The lowest BCUT2D eigenvalue weighted by Gasteiger charge is -2.05. The predicted octanol–water partition coefficient (Wildman–Crippen LogP) is 2.99. The van der Waals surface area contributed by atoms with Gasteiger partial charge in [-0.15, -0.1) is 10.2 Å². The minimum atomic E-state index is 0.603. The SMILES string of the molecule is Clc1cccc(NCc2nnc3ccccn23)c1. The van der Waals surface area contributed by atoms with Crippen LogP contribution in [0.15, 0.2) is 48.7 Å². The van der Waals surface area contributed by atoms with Gasteiger partial charge >= 0.3 is 0 Å². The van der Waals surface area contributed by atoms with Crippen molar-refractivity contribution in [2.45, 2.75) is 6.54 Å². The number of anilines is 1. The summed E-state index contributed by atoms with van der Waals surface area (Å²) in [5.41, 5.74) is 1.82. The molecule has 0 aliphatic carbocycles. The van der Waals surface area contributed by atoms with Crippen molar-refractivity contribution in [3.63, 3.8) is 0 Å². The standard InChI is InChI=1S/C13H11ClN4/c14-10-4-3-5-11(8-10)15-9-13-17-16-12-6-1-2-7-18(12)13/h1-8,15H,9H2. The van der Waals surface area contributed by atoms with Crippen LogP contribution in [0.25, 0.3) is 5.65 Å². The number of nitrogens with one attached hydrogen (secondary N) is 1. The molecule has 5 heteroatoms. The molecule has 3 rings (SSSR count). The number of benzene rings is 1. The predicted molar refractivity (Wildman–Crippen MR) is 71.8 cm³/mol. The van der Waals surface area contributed by atoms with Crippen LogP contribution in [0.2, 0.25) is 5.02 Å². The van der Waals surface area contributed by atoms with Gasteiger partial charge in [0.05, 0.1) is 6.54 Å². The van der Waals surface area contributed by atoms with E-state index in [1.165, 1.54) is 0 Å². The molecule has 0 atom stereocenters. The van der Waals surface area contributed by atoms with E-state index in [2.05, 4.69) is 15.5 Å². The Labute approximate surface area is 109 Å². The Balaban J connectivity index is 1.81. The van der Waals surface area contributed by atoms with Crippen molar-refractivity contribution in [2.75, 3.05) is 5.32 Å². The number of rotatable bonds is 3. The van der Waals surface area contributed by atoms with Crippen molar-refractivity contribution in [1.82, 2.24) is 14.6 Å². The Morgan fingerprint density at radius 1 is 1.11 bits per heavy atom. The van der Waals surface area contributed by atoms with Crippen LogP contribution in [0.3, 0.4) is 0 Å². The summed E-state index contributed by atoms with van der Waals surface area (Å²) in [4.78, 5) is 0. The lowest BCUT2D eigenvalue weighted by atomic mass is 10.3. The highest BCUT2D eigenvalue weighted by atomic mass is 35.5. The van der Waals surface area contributed by atoms with E-state index >= 15 is 0 Å². The maximum atomic E-state index is 5.93. The van der Waals surface area contributed by atoms with Gasteiger partial charge in [-0.2, -0.15) is 0 Å². The van der Waals surface area contributed by atoms with Gasteiger partial charge in [-0.3, -0.25) is 4.40 Å². The molecule has 0 unspecified atom stereocenters. The topological polar surface area (TPSA) is 42.2 Å². The van der Waals surface area contributed by atoms with E-state index in [0.717, 1.165) is 17.2 Å². The van der Waals surface area contributed by atoms with Crippen molar-refractivity contribution in [3.8, 4) is 0 Å².